The van der Waals surface area contributed by atoms with Crippen molar-refractivity contribution in [2.75, 3.05) is 11.5 Å². The van der Waals surface area contributed by atoms with Gasteiger partial charge in [0.15, 0.2) is 0 Å². The van der Waals surface area contributed by atoms with Crippen molar-refractivity contribution in [1.82, 2.24) is 0 Å². The second kappa shape index (κ2) is 2.51. The van der Waals surface area contributed by atoms with E-state index < -0.39 is 9.73 Å². The summed E-state index contributed by atoms with van der Waals surface area (Å²) in [5.41, 5.74) is 0. The predicted octanol–water partition coefficient (Wildman–Crippen LogP) is 1.60. The van der Waals surface area contributed by atoms with E-state index in [2.05, 4.69) is 2.58 Å². The Balaban J connectivity index is 2.84. The Morgan fingerprint density at radius 3 is 2.12 bits per heavy atom. The van der Waals surface area contributed by atoms with E-state index in [0.717, 1.165) is 24.3 Å². The SMILES string of the molecule is O=S1(=NI)CCCC1. The van der Waals surface area contributed by atoms with Crippen LogP contribution >= 0.6 is 22.9 Å². The van der Waals surface area contributed by atoms with E-state index >= 15 is 0 Å². The molecule has 0 saturated carbocycles. The van der Waals surface area contributed by atoms with Crippen LogP contribution in [0.15, 0.2) is 2.58 Å². The lowest BCUT2D eigenvalue weighted by atomic mass is 10.4. The summed E-state index contributed by atoms with van der Waals surface area (Å²) in [6.07, 6.45) is 2.21. The topological polar surface area (TPSA) is 29.4 Å². The normalized spacial score (nSPS) is 25.6. The van der Waals surface area contributed by atoms with Crippen molar-refractivity contribution < 1.29 is 4.21 Å². The standard InChI is InChI=1S/C4H8INOS/c5-6-8(7)3-1-2-4-8/h1-4H2. The predicted molar refractivity (Wildman–Crippen MR) is 43.6 cm³/mol. The van der Waals surface area contributed by atoms with Crippen molar-refractivity contribution in [3.8, 4) is 0 Å². The molecule has 0 aliphatic carbocycles. The minimum atomic E-state index is -1.68. The van der Waals surface area contributed by atoms with Crippen molar-refractivity contribution in [3.05, 3.63) is 0 Å². The summed E-state index contributed by atoms with van der Waals surface area (Å²) >= 11 is 1.86. The highest BCUT2D eigenvalue weighted by Gasteiger charge is 2.14. The molecule has 1 saturated heterocycles. The highest BCUT2D eigenvalue weighted by atomic mass is 127. The third kappa shape index (κ3) is 1.34. The minimum Gasteiger partial charge on any atom is -0.249 e. The summed E-state index contributed by atoms with van der Waals surface area (Å²) in [6, 6.07) is 0. The molecule has 0 atom stereocenters. The Labute approximate surface area is 63.7 Å². The summed E-state index contributed by atoms with van der Waals surface area (Å²) < 4.78 is 15.0. The Hall–Kier alpha value is 0.680. The van der Waals surface area contributed by atoms with Crippen LogP contribution in [0, 0.1) is 0 Å². The van der Waals surface area contributed by atoms with Gasteiger partial charge in [0.2, 0.25) is 0 Å². The first-order valence-electron chi connectivity index (χ1n) is 2.60. The number of hydrogen-bond donors (Lipinski definition) is 0. The van der Waals surface area contributed by atoms with Gasteiger partial charge in [-0.3, -0.25) is 0 Å². The molecule has 0 unspecified atom stereocenters. The van der Waals surface area contributed by atoms with E-state index in [-0.39, 0.29) is 0 Å². The fraction of sp³-hybridized carbons (Fsp3) is 1.00. The van der Waals surface area contributed by atoms with Crippen molar-refractivity contribution in [3.63, 3.8) is 0 Å². The summed E-state index contributed by atoms with van der Waals surface area (Å²) in [4.78, 5) is 0. The molecule has 1 rings (SSSR count). The van der Waals surface area contributed by atoms with Gasteiger partial charge < -0.3 is 0 Å². The third-order valence-corrected chi connectivity index (χ3v) is 5.56. The minimum absolute atomic E-state index is 0.829. The van der Waals surface area contributed by atoms with Gasteiger partial charge in [0.1, 0.15) is 0 Å². The first-order valence-corrected chi connectivity index (χ1v) is 5.41. The number of rotatable bonds is 0. The molecule has 1 aliphatic rings. The van der Waals surface area contributed by atoms with Gasteiger partial charge >= 0.3 is 0 Å². The molecule has 2 nitrogen and oxygen atoms in total. The van der Waals surface area contributed by atoms with Gasteiger partial charge in [-0.2, -0.15) is 2.58 Å². The Bertz CT molecular complexity index is 170. The van der Waals surface area contributed by atoms with E-state index in [9.17, 15) is 4.21 Å². The summed E-state index contributed by atoms with van der Waals surface area (Å²) in [5.74, 6) is 1.66. The van der Waals surface area contributed by atoms with Crippen LogP contribution in [0.4, 0.5) is 0 Å². The average Bonchev–Trinajstić information content (AvgIpc) is 2.17. The van der Waals surface area contributed by atoms with Gasteiger partial charge in [-0.15, -0.1) is 0 Å². The molecular formula is C4H8INOS. The van der Waals surface area contributed by atoms with E-state index in [4.69, 9.17) is 0 Å². The number of nitrogens with zero attached hydrogens (tertiary/aromatic N) is 1. The fourth-order valence-corrected chi connectivity index (χ4v) is 3.66. The maximum atomic E-state index is 11.2. The van der Waals surface area contributed by atoms with Crippen LogP contribution in [0.1, 0.15) is 12.8 Å². The second-order valence-corrected chi connectivity index (χ2v) is 5.64. The van der Waals surface area contributed by atoms with Crippen LogP contribution in [0.2, 0.25) is 0 Å². The van der Waals surface area contributed by atoms with Crippen molar-refractivity contribution in [1.29, 1.82) is 0 Å². The molecule has 8 heavy (non-hydrogen) atoms. The van der Waals surface area contributed by atoms with E-state index in [0.29, 0.717) is 0 Å². The Morgan fingerprint density at radius 2 is 1.88 bits per heavy atom. The van der Waals surface area contributed by atoms with Crippen LogP contribution in [-0.2, 0) is 9.73 Å². The van der Waals surface area contributed by atoms with Crippen molar-refractivity contribution in [2.45, 2.75) is 12.8 Å². The van der Waals surface area contributed by atoms with Gasteiger partial charge in [0, 0.05) is 11.5 Å². The van der Waals surface area contributed by atoms with Gasteiger partial charge in [-0.05, 0) is 12.8 Å². The van der Waals surface area contributed by atoms with Gasteiger partial charge in [0.05, 0.1) is 32.6 Å². The first-order chi connectivity index (χ1) is 3.77. The van der Waals surface area contributed by atoms with E-state index in [1.54, 1.807) is 0 Å². The van der Waals surface area contributed by atoms with Crippen LogP contribution in [0.25, 0.3) is 0 Å². The molecule has 0 spiro atoms. The highest BCUT2D eigenvalue weighted by molar-refractivity contribution is 14.1. The molecule has 1 aliphatic heterocycles. The van der Waals surface area contributed by atoms with Gasteiger partial charge in [0.25, 0.3) is 0 Å². The van der Waals surface area contributed by atoms with E-state index in [1.165, 1.54) is 0 Å². The highest BCUT2D eigenvalue weighted by Crippen LogP contribution is 2.14. The number of halogens is 1. The number of hydrogen-bond acceptors (Lipinski definition) is 2. The smallest absolute Gasteiger partial charge is 0.0952 e. The second-order valence-electron chi connectivity index (χ2n) is 1.96. The third-order valence-electron chi connectivity index (χ3n) is 1.30. The van der Waals surface area contributed by atoms with Crippen LogP contribution in [0.5, 0.6) is 0 Å². The zero-order chi connectivity index (χ0) is 6.04. The zero-order valence-electron chi connectivity index (χ0n) is 4.47. The first kappa shape index (κ1) is 6.80. The van der Waals surface area contributed by atoms with E-state index in [1.807, 2.05) is 22.9 Å². The molecular weight excluding hydrogens is 237 g/mol. The van der Waals surface area contributed by atoms with Crippen LogP contribution in [-0.4, -0.2) is 15.7 Å². The maximum Gasteiger partial charge on any atom is 0.0952 e. The van der Waals surface area contributed by atoms with Crippen LogP contribution < -0.4 is 0 Å². The average molecular weight is 245 g/mol. The maximum absolute atomic E-state index is 11.2. The lowest BCUT2D eigenvalue weighted by Crippen LogP contribution is -1.97. The Kier molecular flexibility index (Phi) is 2.13. The molecule has 0 radical (unpaired) electrons. The largest absolute Gasteiger partial charge is 0.249 e. The zero-order valence-corrected chi connectivity index (χ0v) is 7.44. The molecule has 48 valence electrons. The molecule has 4 heteroatoms. The lowest BCUT2D eigenvalue weighted by molar-refractivity contribution is 0.682. The van der Waals surface area contributed by atoms with Gasteiger partial charge in [-0.25, -0.2) is 4.21 Å². The molecule has 0 amide bonds. The molecule has 0 aromatic rings. The fourth-order valence-electron chi connectivity index (χ4n) is 0.826. The van der Waals surface area contributed by atoms with Crippen molar-refractivity contribution in [2.24, 2.45) is 2.58 Å². The molecule has 0 aromatic carbocycles. The molecule has 0 bridgehead atoms. The molecule has 1 fully saturated rings. The molecule has 1 heterocycles. The lowest BCUT2D eigenvalue weighted by Gasteiger charge is -1.90. The molecule has 0 N–H and O–H groups in total. The van der Waals surface area contributed by atoms with Gasteiger partial charge in [-0.1, -0.05) is 0 Å². The Morgan fingerprint density at radius 1 is 1.38 bits per heavy atom. The summed E-state index contributed by atoms with van der Waals surface area (Å²) in [6.45, 7) is 0. The quantitative estimate of drug-likeness (QED) is 0.596. The summed E-state index contributed by atoms with van der Waals surface area (Å²) in [5, 5.41) is 0. The van der Waals surface area contributed by atoms with Crippen LogP contribution in [0.3, 0.4) is 0 Å². The van der Waals surface area contributed by atoms with Crippen molar-refractivity contribution >= 4 is 32.6 Å². The molecule has 0 aromatic heterocycles. The monoisotopic (exact) mass is 245 g/mol. The summed E-state index contributed by atoms with van der Waals surface area (Å²) in [7, 11) is -1.68.